The van der Waals surface area contributed by atoms with Gasteiger partial charge in [0.05, 0.1) is 10.6 Å². The molecule has 7 nitrogen and oxygen atoms in total. The number of ether oxygens (including phenoxy) is 1. The van der Waals surface area contributed by atoms with Crippen LogP contribution in [0.1, 0.15) is 28.8 Å². The van der Waals surface area contributed by atoms with Gasteiger partial charge in [0.25, 0.3) is 5.91 Å². The quantitative estimate of drug-likeness (QED) is 0.556. The fourth-order valence-corrected chi connectivity index (χ4v) is 3.27. The largest absolute Gasteiger partial charge is 0.456 e. The number of halogens is 2. The van der Waals surface area contributed by atoms with E-state index in [1.54, 1.807) is 30.3 Å². The lowest BCUT2D eigenvalue weighted by Gasteiger charge is -2.17. The summed E-state index contributed by atoms with van der Waals surface area (Å²) in [7, 11) is 0. The van der Waals surface area contributed by atoms with Gasteiger partial charge in [0.1, 0.15) is 23.4 Å². The SMILES string of the molecule is O=C(NC1(C(=O)NCc2ccc(Oc3cc(Cl)ccc3Cl)cc2)CC1)c1cncnc1. The molecule has 9 heteroatoms. The molecule has 1 saturated carbocycles. The van der Waals surface area contributed by atoms with E-state index in [9.17, 15) is 9.59 Å². The Kier molecular flexibility index (Phi) is 6.06. The molecule has 0 saturated heterocycles. The Balaban J connectivity index is 1.32. The van der Waals surface area contributed by atoms with Gasteiger partial charge >= 0.3 is 0 Å². The van der Waals surface area contributed by atoms with Crippen molar-refractivity contribution >= 4 is 35.0 Å². The minimum absolute atomic E-state index is 0.219. The molecule has 1 aliphatic rings. The topological polar surface area (TPSA) is 93.2 Å². The number of aromatic nitrogens is 2. The molecular weight excluding hydrogens is 439 g/mol. The highest BCUT2D eigenvalue weighted by Crippen LogP contribution is 2.36. The second-order valence-corrected chi connectivity index (χ2v) is 8.01. The van der Waals surface area contributed by atoms with Crippen LogP contribution in [-0.2, 0) is 11.3 Å². The first-order chi connectivity index (χ1) is 14.9. The van der Waals surface area contributed by atoms with Crippen molar-refractivity contribution in [2.45, 2.75) is 24.9 Å². The summed E-state index contributed by atoms with van der Waals surface area (Å²) in [5.74, 6) is 0.471. The van der Waals surface area contributed by atoms with E-state index in [0.717, 1.165) is 5.56 Å². The third-order valence-electron chi connectivity index (χ3n) is 4.86. The fraction of sp³-hybridized carbons (Fsp3) is 0.182. The number of carbonyl (C=O) groups excluding carboxylic acids is 2. The molecular formula is C22H18Cl2N4O3. The van der Waals surface area contributed by atoms with Crippen LogP contribution in [0.15, 0.2) is 61.2 Å². The first-order valence-electron chi connectivity index (χ1n) is 9.53. The van der Waals surface area contributed by atoms with E-state index in [0.29, 0.717) is 46.5 Å². The Morgan fingerprint density at radius 1 is 1.03 bits per heavy atom. The average Bonchev–Trinajstić information content (AvgIpc) is 3.57. The monoisotopic (exact) mass is 456 g/mol. The number of rotatable bonds is 7. The van der Waals surface area contributed by atoms with E-state index in [1.807, 2.05) is 12.1 Å². The number of hydrogen-bond acceptors (Lipinski definition) is 5. The molecule has 1 aromatic heterocycles. The minimum atomic E-state index is -0.876. The van der Waals surface area contributed by atoms with Crippen molar-refractivity contribution in [2.24, 2.45) is 0 Å². The molecule has 158 valence electrons. The summed E-state index contributed by atoms with van der Waals surface area (Å²) >= 11 is 12.1. The zero-order chi connectivity index (χ0) is 21.8. The highest BCUT2D eigenvalue weighted by Gasteiger charge is 2.51. The molecule has 1 aliphatic carbocycles. The number of benzene rings is 2. The van der Waals surface area contributed by atoms with Crippen LogP contribution < -0.4 is 15.4 Å². The second-order valence-electron chi connectivity index (χ2n) is 7.17. The van der Waals surface area contributed by atoms with Gasteiger partial charge in [0, 0.05) is 30.0 Å². The number of amides is 2. The molecule has 3 aromatic rings. The average molecular weight is 457 g/mol. The van der Waals surface area contributed by atoms with Gasteiger partial charge < -0.3 is 15.4 Å². The van der Waals surface area contributed by atoms with Crippen molar-refractivity contribution in [2.75, 3.05) is 0 Å². The highest BCUT2D eigenvalue weighted by atomic mass is 35.5. The molecule has 0 atom stereocenters. The standard InChI is InChI=1S/C22H18Cl2N4O3/c23-16-3-6-18(24)19(9-16)31-17-4-1-14(2-5-17)10-27-21(30)22(7-8-22)28-20(29)15-11-25-13-26-12-15/h1-6,9,11-13H,7-8,10H2,(H,27,30)(H,28,29). The molecule has 2 amide bonds. The van der Waals surface area contributed by atoms with Gasteiger partial charge in [-0.05, 0) is 42.7 Å². The molecule has 0 spiro atoms. The van der Waals surface area contributed by atoms with Crippen molar-refractivity contribution in [1.29, 1.82) is 0 Å². The summed E-state index contributed by atoms with van der Waals surface area (Å²) < 4.78 is 5.76. The lowest BCUT2D eigenvalue weighted by Crippen LogP contribution is -2.48. The summed E-state index contributed by atoms with van der Waals surface area (Å²) in [6.45, 7) is 0.323. The Hall–Kier alpha value is -3.16. The highest BCUT2D eigenvalue weighted by molar-refractivity contribution is 6.34. The van der Waals surface area contributed by atoms with Gasteiger partial charge in [-0.15, -0.1) is 0 Å². The van der Waals surface area contributed by atoms with Gasteiger partial charge in [0.15, 0.2) is 0 Å². The molecule has 2 N–H and O–H groups in total. The summed E-state index contributed by atoms with van der Waals surface area (Å²) in [6, 6.07) is 12.2. The Morgan fingerprint density at radius 2 is 1.74 bits per heavy atom. The van der Waals surface area contributed by atoms with Crippen LogP contribution in [0.25, 0.3) is 0 Å². The van der Waals surface area contributed by atoms with Crippen molar-refractivity contribution < 1.29 is 14.3 Å². The van der Waals surface area contributed by atoms with Crippen LogP contribution in [0.5, 0.6) is 11.5 Å². The molecule has 1 heterocycles. The molecule has 0 aliphatic heterocycles. The minimum Gasteiger partial charge on any atom is -0.456 e. The predicted molar refractivity (Wildman–Crippen MR) is 116 cm³/mol. The molecule has 0 radical (unpaired) electrons. The molecule has 0 unspecified atom stereocenters. The first-order valence-corrected chi connectivity index (χ1v) is 10.3. The summed E-state index contributed by atoms with van der Waals surface area (Å²) in [5.41, 5.74) is 0.327. The zero-order valence-electron chi connectivity index (χ0n) is 16.3. The Morgan fingerprint density at radius 3 is 2.42 bits per heavy atom. The van der Waals surface area contributed by atoms with Gasteiger partial charge in [0.2, 0.25) is 5.91 Å². The van der Waals surface area contributed by atoms with Gasteiger partial charge in [-0.25, -0.2) is 9.97 Å². The Labute approximate surface area is 188 Å². The normalized spacial score (nSPS) is 13.9. The van der Waals surface area contributed by atoms with E-state index in [-0.39, 0.29) is 11.8 Å². The predicted octanol–water partition coefficient (Wildman–Crippen LogP) is 4.15. The molecule has 0 bridgehead atoms. The van der Waals surface area contributed by atoms with Crippen LogP contribution in [0.2, 0.25) is 10.0 Å². The molecule has 2 aromatic carbocycles. The van der Waals surface area contributed by atoms with Crippen molar-refractivity contribution in [3.8, 4) is 11.5 Å². The molecule has 1 fully saturated rings. The molecule has 31 heavy (non-hydrogen) atoms. The second kappa shape index (κ2) is 8.91. The van der Waals surface area contributed by atoms with Gasteiger partial charge in [-0.1, -0.05) is 35.3 Å². The lowest BCUT2D eigenvalue weighted by molar-refractivity contribution is -0.124. The summed E-state index contributed by atoms with van der Waals surface area (Å²) in [4.78, 5) is 32.6. The maximum atomic E-state index is 12.6. The van der Waals surface area contributed by atoms with Gasteiger partial charge in [-0.3, -0.25) is 9.59 Å². The number of nitrogens with zero attached hydrogens (tertiary/aromatic N) is 2. The zero-order valence-corrected chi connectivity index (χ0v) is 17.8. The number of carbonyl (C=O) groups is 2. The lowest BCUT2D eigenvalue weighted by atomic mass is 10.2. The summed E-state index contributed by atoms with van der Waals surface area (Å²) in [6.07, 6.45) is 5.35. The maximum absolute atomic E-state index is 12.6. The van der Waals surface area contributed by atoms with E-state index >= 15 is 0 Å². The smallest absolute Gasteiger partial charge is 0.255 e. The molecule has 4 rings (SSSR count). The van der Waals surface area contributed by atoms with Crippen LogP contribution in [-0.4, -0.2) is 27.3 Å². The van der Waals surface area contributed by atoms with Crippen LogP contribution in [0.3, 0.4) is 0 Å². The van der Waals surface area contributed by atoms with Crippen LogP contribution >= 0.6 is 23.2 Å². The van der Waals surface area contributed by atoms with Crippen LogP contribution in [0.4, 0.5) is 0 Å². The third kappa shape index (κ3) is 5.13. The van der Waals surface area contributed by atoms with Gasteiger partial charge in [-0.2, -0.15) is 0 Å². The number of nitrogens with one attached hydrogen (secondary N) is 2. The van der Waals surface area contributed by atoms with Crippen molar-refractivity contribution in [1.82, 2.24) is 20.6 Å². The van der Waals surface area contributed by atoms with Crippen molar-refractivity contribution in [3.63, 3.8) is 0 Å². The fourth-order valence-electron chi connectivity index (χ4n) is 2.95. The first kappa shape index (κ1) is 21.1. The van der Waals surface area contributed by atoms with E-state index in [1.165, 1.54) is 18.7 Å². The third-order valence-corrected chi connectivity index (χ3v) is 5.41. The Bertz CT molecular complexity index is 1100. The van der Waals surface area contributed by atoms with E-state index in [2.05, 4.69) is 20.6 Å². The van der Waals surface area contributed by atoms with Crippen molar-refractivity contribution in [3.05, 3.63) is 82.4 Å². The van der Waals surface area contributed by atoms with E-state index in [4.69, 9.17) is 27.9 Å². The van der Waals surface area contributed by atoms with Crippen LogP contribution in [0, 0.1) is 0 Å². The maximum Gasteiger partial charge on any atom is 0.255 e. The van der Waals surface area contributed by atoms with E-state index < -0.39 is 5.54 Å². The number of hydrogen-bond donors (Lipinski definition) is 2. The summed E-state index contributed by atoms with van der Waals surface area (Å²) in [5, 5.41) is 6.66.